The minimum absolute atomic E-state index is 0.0235. The van der Waals surface area contributed by atoms with Crippen molar-refractivity contribution in [3.05, 3.63) is 155 Å². The Bertz CT molecular complexity index is 1880. The van der Waals surface area contributed by atoms with Crippen molar-refractivity contribution in [2.75, 3.05) is 18.6 Å². The van der Waals surface area contributed by atoms with Gasteiger partial charge in [-0.3, -0.25) is 4.98 Å². The maximum atomic E-state index is 6.61. The monoisotopic (exact) mass is 605 g/mol. The lowest BCUT2D eigenvalue weighted by atomic mass is 9.69. The second-order valence-corrected chi connectivity index (χ2v) is 14.8. The van der Waals surface area contributed by atoms with Crippen LogP contribution in [0.3, 0.4) is 0 Å². The van der Waals surface area contributed by atoms with E-state index in [9.17, 15) is 0 Å². The van der Waals surface area contributed by atoms with E-state index in [1.54, 1.807) is 0 Å². The maximum absolute atomic E-state index is 6.61. The lowest BCUT2D eigenvalue weighted by Crippen LogP contribution is -2.30. The molecule has 5 aromatic rings. The van der Waals surface area contributed by atoms with Gasteiger partial charge in [0.2, 0.25) is 0 Å². The smallest absolute Gasteiger partial charge is 0.129 e. The van der Waals surface area contributed by atoms with Crippen LogP contribution >= 0.6 is 0 Å². The van der Waals surface area contributed by atoms with E-state index in [1.807, 2.05) is 24.4 Å². The summed E-state index contributed by atoms with van der Waals surface area (Å²) in [6.07, 6.45) is 6.10. The number of nitrogens with zero attached hydrogens (tertiary/aromatic N) is 3. The summed E-state index contributed by atoms with van der Waals surface area (Å²) in [7, 11) is 2.08. The van der Waals surface area contributed by atoms with Crippen LogP contribution in [0.5, 0.6) is 11.5 Å². The normalized spacial score (nSPS) is 15.2. The highest BCUT2D eigenvalue weighted by atomic mass is 16.5. The van der Waals surface area contributed by atoms with Crippen LogP contribution in [0.4, 0.5) is 5.69 Å². The fourth-order valence-electron chi connectivity index (χ4n) is 6.94. The van der Waals surface area contributed by atoms with Gasteiger partial charge in [-0.1, -0.05) is 102 Å². The number of fused-ring (bicyclic) bond motifs is 3. The predicted molar refractivity (Wildman–Crippen MR) is 190 cm³/mol. The van der Waals surface area contributed by atoms with Crippen molar-refractivity contribution in [2.45, 2.75) is 57.8 Å². The fourth-order valence-corrected chi connectivity index (χ4v) is 6.94. The summed E-state index contributed by atoms with van der Waals surface area (Å²) in [5.74, 6) is 1.60. The molecular formula is C42H43N3O. The number of hydrogen-bond donors (Lipinski definition) is 0. The van der Waals surface area contributed by atoms with Gasteiger partial charge in [0.15, 0.2) is 0 Å². The lowest BCUT2D eigenvalue weighted by molar-refractivity contribution is 0.479. The second kappa shape index (κ2) is 10.9. The summed E-state index contributed by atoms with van der Waals surface area (Å²) in [4.78, 5) is 9.43. The Hall–Kier alpha value is -4.83. The molecule has 0 N–H and O–H groups in total. The first kappa shape index (κ1) is 29.9. The molecule has 0 amide bonds. The molecule has 0 saturated heterocycles. The van der Waals surface area contributed by atoms with E-state index in [0.717, 1.165) is 35.1 Å². The molecule has 4 nitrogen and oxygen atoms in total. The van der Waals surface area contributed by atoms with Crippen LogP contribution in [0.25, 0.3) is 11.1 Å². The van der Waals surface area contributed by atoms with Crippen LogP contribution < -0.4 is 9.64 Å². The van der Waals surface area contributed by atoms with Crippen molar-refractivity contribution in [1.29, 1.82) is 0 Å². The average molecular weight is 606 g/mol. The second-order valence-electron chi connectivity index (χ2n) is 14.8. The maximum Gasteiger partial charge on any atom is 0.129 e. The van der Waals surface area contributed by atoms with Crippen molar-refractivity contribution in [1.82, 2.24) is 9.88 Å². The number of anilines is 1. The Balaban J connectivity index is 1.42. The van der Waals surface area contributed by atoms with Crippen molar-refractivity contribution >= 4 is 5.69 Å². The average Bonchev–Trinajstić information content (AvgIpc) is 3.60. The summed E-state index contributed by atoms with van der Waals surface area (Å²) in [5.41, 5.74) is 10.4. The zero-order valence-corrected chi connectivity index (χ0v) is 28.0. The van der Waals surface area contributed by atoms with Crippen molar-refractivity contribution in [2.24, 2.45) is 0 Å². The van der Waals surface area contributed by atoms with Crippen LogP contribution in [-0.2, 0) is 16.2 Å². The molecule has 0 spiro atoms. The molecule has 0 bridgehead atoms. The van der Waals surface area contributed by atoms with Crippen LogP contribution in [0.15, 0.2) is 122 Å². The zero-order chi connectivity index (χ0) is 32.3. The van der Waals surface area contributed by atoms with Gasteiger partial charge in [-0.05, 0) is 86.2 Å². The van der Waals surface area contributed by atoms with E-state index in [1.165, 1.54) is 33.4 Å². The minimum Gasteiger partial charge on any atom is -0.457 e. The molecule has 46 heavy (non-hydrogen) atoms. The third kappa shape index (κ3) is 5.06. The molecule has 1 aliphatic carbocycles. The number of hydrogen-bond acceptors (Lipinski definition) is 4. The van der Waals surface area contributed by atoms with Gasteiger partial charge in [0.25, 0.3) is 0 Å². The lowest BCUT2D eigenvalue weighted by Gasteiger charge is -2.33. The third-order valence-corrected chi connectivity index (χ3v) is 9.45. The first-order valence-electron chi connectivity index (χ1n) is 16.2. The van der Waals surface area contributed by atoms with E-state index < -0.39 is 5.41 Å². The summed E-state index contributed by atoms with van der Waals surface area (Å²) >= 11 is 0. The van der Waals surface area contributed by atoms with Gasteiger partial charge in [0, 0.05) is 37.4 Å². The molecule has 4 aromatic carbocycles. The van der Waals surface area contributed by atoms with E-state index in [-0.39, 0.29) is 10.8 Å². The van der Waals surface area contributed by atoms with Crippen LogP contribution in [0, 0.1) is 0 Å². The number of benzene rings is 4. The quantitative estimate of drug-likeness (QED) is 0.196. The molecule has 2 aliphatic rings. The largest absolute Gasteiger partial charge is 0.457 e. The highest BCUT2D eigenvalue weighted by molar-refractivity contribution is 5.87. The SMILES string of the molecule is CN1C=CN(c2cccc(Oc3cccc(C4(c5ccccn5)c5ccc(C(C)(C)C)cc5-c5cc(C(C)(C)C)ccc54)c3)c2)C1. The van der Waals surface area contributed by atoms with Gasteiger partial charge < -0.3 is 14.5 Å². The Kier molecular flexibility index (Phi) is 7.08. The molecule has 0 radical (unpaired) electrons. The topological polar surface area (TPSA) is 28.6 Å². The highest BCUT2D eigenvalue weighted by Gasteiger charge is 2.48. The number of ether oxygens (including phenoxy) is 1. The Morgan fingerprint density at radius 2 is 1.28 bits per heavy atom. The van der Waals surface area contributed by atoms with Crippen LogP contribution in [0.1, 0.15) is 75.1 Å². The number of pyridine rings is 1. The Morgan fingerprint density at radius 3 is 1.85 bits per heavy atom. The molecule has 0 fully saturated rings. The molecule has 232 valence electrons. The van der Waals surface area contributed by atoms with Gasteiger partial charge in [-0.2, -0.15) is 0 Å². The molecule has 0 unspecified atom stereocenters. The van der Waals surface area contributed by atoms with Gasteiger partial charge in [0.1, 0.15) is 11.5 Å². The highest BCUT2D eigenvalue weighted by Crippen LogP contribution is 2.57. The van der Waals surface area contributed by atoms with Crippen molar-refractivity contribution in [3.8, 4) is 22.6 Å². The van der Waals surface area contributed by atoms with Crippen LogP contribution in [0.2, 0.25) is 0 Å². The molecule has 0 saturated carbocycles. The van der Waals surface area contributed by atoms with E-state index in [0.29, 0.717) is 0 Å². The fraction of sp³-hybridized carbons (Fsp3) is 0.262. The standard InChI is InChI=1S/C42H43N3O/c1-40(2,3)29-17-19-37-35(25-29)36-26-30(41(4,5)6)18-20-38(36)42(37,39-16-8-9-21-43-39)31-12-10-14-33(24-31)46-34-15-11-13-32(27-34)45-23-22-44(7)28-45/h8-27H,28H2,1-7H3. The summed E-state index contributed by atoms with van der Waals surface area (Å²) in [6, 6.07) is 37.3. The summed E-state index contributed by atoms with van der Waals surface area (Å²) in [5, 5.41) is 0. The molecule has 1 aliphatic heterocycles. The predicted octanol–water partition coefficient (Wildman–Crippen LogP) is 10.0. The molecular weight excluding hydrogens is 562 g/mol. The van der Waals surface area contributed by atoms with E-state index >= 15 is 0 Å². The van der Waals surface area contributed by atoms with E-state index in [2.05, 4.69) is 156 Å². The Morgan fingerprint density at radius 1 is 0.652 bits per heavy atom. The third-order valence-electron chi connectivity index (χ3n) is 9.45. The molecule has 4 heteroatoms. The van der Waals surface area contributed by atoms with Gasteiger partial charge in [-0.25, -0.2) is 0 Å². The molecule has 0 atom stereocenters. The molecule has 2 heterocycles. The molecule has 7 rings (SSSR count). The van der Waals surface area contributed by atoms with Gasteiger partial charge >= 0.3 is 0 Å². The summed E-state index contributed by atoms with van der Waals surface area (Å²) in [6.45, 7) is 14.5. The van der Waals surface area contributed by atoms with Crippen molar-refractivity contribution < 1.29 is 4.74 Å². The molecule has 1 aromatic heterocycles. The van der Waals surface area contributed by atoms with Gasteiger partial charge in [0.05, 0.1) is 17.8 Å². The van der Waals surface area contributed by atoms with Gasteiger partial charge in [-0.15, -0.1) is 0 Å². The number of aromatic nitrogens is 1. The first-order chi connectivity index (χ1) is 21.9. The first-order valence-corrected chi connectivity index (χ1v) is 16.2. The Labute approximate surface area is 274 Å². The van der Waals surface area contributed by atoms with Crippen LogP contribution in [-0.4, -0.2) is 23.6 Å². The van der Waals surface area contributed by atoms with Crippen molar-refractivity contribution in [3.63, 3.8) is 0 Å². The van der Waals surface area contributed by atoms with E-state index in [4.69, 9.17) is 9.72 Å². The summed E-state index contributed by atoms with van der Waals surface area (Å²) < 4.78 is 6.61. The minimum atomic E-state index is -0.606. The number of rotatable bonds is 5. The zero-order valence-electron chi connectivity index (χ0n) is 28.0.